The van der Waals surface area contributed by atoms with Crippen molar-refractivity contribution in [2.75, 3.05) is 46.1 Å². The van der Waals surface area contributed by atoms with Gasteiger partial charge in [0.2, 0.25) is 0 Å². The van der Waals surface area contributed by atoms with E-state index in [0.717, 1.165) is 52.5 Å². The molecule has 1 aromatic rings. The first-order valence-electron chi connectivity index (χ1n) is 9.00. The van der Waals surface area contributed by atoms with Crippen LogP contribution >= 0.6 is 0 Å². The van der Waals surface area contributed by atoms with Crippen LogP contribution in [0.25, 0.3) is 0 Å². The van der Waals surface area contributed by atoms with Crippen molar-refractivity contribution in [1.29, 1.82) is 0 Å². The smallest absolute Gasteiger partial charge is 0.0594 e. The summed E-state index contributed by atoms with van der Waals surface area (Å²) in [4.78, 5) is 2.50. The van der Waals surface area contributed by atoms with Gasteiger partial charge in [0.25, 0.3) is 0 Å². The molecule has 1 N–H and O–H groups in total. The number of rotatable bonds is 7. The summed E-state index contributed by atoms with van der Waals surface area (Å²) < 4.78 is 11.0. The molecule has 128 valence electrons. The number of nitrogens with one attached hydrogen (secondary N) is 1. The van der Waals surface area contributed by atoms with E-state index in [-0.39, 0.29) is 0 Å². The third-order valence-corrected chi connectivity index (χ3v) is 4.92. The lowest BCUT2D eigenvalue weighted by atomic mass is 9.93. The maximum Gasteiger partial charge on any atom is 0.0594 e. The molecular weight excluding hydrogens is 288 g/mol. The van der Waals surface area contributed by atoms with Crippen molar-refractivity contribution in [3.05, 3.63) is 35.9 Å². The predicted molar refractivity (Wildman–Crippen MR) is 92.6 cm³/mol. The number of benzene rings is 1. The molecule has 2 fully saturated rings. The van der Waals surface area contributed by atoms with E-state index in [1.165, 1.54) is 12.0 Å². The quantitative estimate of drug-likeness (QED) is 0.837. The molecule has 0 aromatic heterocycles. The van der Waals surface area contributed by atoms with Crippen molar-refractivity contribution in [3.8, 4) is 0 Å². The van der Waals surface area contributed by atoms with Crippen LogP contribution in [0.1, 0.15) is 31.4 Å². The molecule has 2 saturated heterocycles. The molecule has 0 spiro atoms. The number of hydrogen-bond acceptors (Lipinski definition) is 4. The zero-order valence-electron chi connectivity index (χ0n) is 14.2. The normalized spacial score (nSPS) is 25.3. The summed E-state index contributed by atoms with van der Waals surface area (Å²) >= 11 is 0. The van der Waals surface area contributed by atoms with E-state index in [9.17, 15) is 0 Å². The summed E-state index contributed by atoms with van der Waals surface area (Å²) in [6, 6.07) is 11.8. The van der Waals surface area contributed by atoms with Crippen LogP contribution in [-0.2, 0) is 9.47 Å². The molecule has 0 saturated carbocycles. The van der Waals surface area contributed by atoms with Gasteiger partial charge in [0.05, 0.1) is 13.2 Å². The molecule has 4 nitrogen and oxygen atoms in total. The van der Waals surface area contributed by atoms with E-state index in [1.54, 1.807) is 0 Å². The fraction of sp³-hybridized carbons (Fsp3) is 0.684. The highest BCUT2D eigenvalue weighted by Crippen LogP contribution is 2.27. The van der Waals surface area contributed by atoms with Crippen LogP contribution < -0.4 is 5.32 Å². The topological polar surface area (TPSA) is 33.7 Å². The monoisotopic (exact) mass is 318 g/mol. The van der Waals surface area contributed by atoms with Gasteiger partial charge >= 0.3 is 0 Å². The molecule has 2 aliphatic rings. The Morgan fingerprint density at radius 2 is 1.91 bits per heavy atom. The average molecular weight is 318 g/mol. The maximum absolute atomic E-state index is 5.57. The highest BCUT2D eigenvalue weighted by Gasteiger charge is 2.23. The Hall–Kier alpha value is -0.940. The molecule has 1 aromatic carbocycles. The zero-order valence-corrected chi connectivity index (χ0v) is 14.2. The summed E-state index contributed by atoms with van der Waals surface area (Å²) in [5.74, 6) is 0.684. The van der Waals surface area contributed by atoms with Crippen LogP contribution in [0, 0.1) is 5.92 Å². The zero-order chi connectivity index (χ0) is 15.9. The Kier molecular flexibility index (Phi) is 6.46. The summed E-state index contributed by atoms with van der Waals surface area (Å²) in [6.07, 6.45) is 2.36. The molecule has 0 bridgehead atoms. The molecule has 0 amide bonds. The molecule has 3 atom stereocenters. The highest BCUT2D eigenvalue weighted by molar-refractivity contribution is 5.19. The molecule has 0 unspecified atom stereocenters. The lowest BCUT2D eigenvalue weighted by molar-refractivity contribution is 0.0336. The minimum atomic E-state index is 0.416. The number of hydrogen-bond donors (Lipinski definition) is 1. The minimum absolute atomic E-state index is 0.416. The Labute approximate surface area is 140 Å². The first kappa shape index (κ1) is 16.9. The summed E-state index contributed by atoms with van der Waals surface area (Å²) in [5, 5.41) is 3.87. The van der Waals surface area contributed by atoms with Gasteiger partial charge in [-0.15, -0.1) is 0 Å². The second-order valence-corrected chi connectivity index (χ2v) is 6.91. The van der Waals surface area contributed by atoms with E-state index < -0.39 is 0 Å². The lowest BCUT2D eigenvalue weighted by Crippen LogP contribution is -2.45. The van der Waals surface area contributed by atoms with Gasteiger partial charge in [-0.05, 0) is 31.2 Å². The van der Waals surface area contributed by atoms with Crippen LogP contribution in [0.3, 0.4) is 0 Å². The molecule has 0 aliphatic carbocycles. The largest absolute Gasteiger partial charge is 0.381 e. The molecule has 2 heterocycles. The van der Waals surface area contributed by atoms with Crippen molar-refractivity contribution in [2.24, 2.45) is 5.92 Å². The standard InChI is InChI=1S/C19H30N2O2/c1-16(14-21-8-11-22-12-9-21)20-19(13-17-7-10-23-15-17)18-5-3-2-4-6-18/h2-6,16-17,19-20H,7-15H2,1H3/t16-,17-,19-/m1/s1. The minimum Gasteiger partial charge on any atom is -0.381 e. The van der Waals surface area contributed by atoms with Gasteiger partial charge in [0, 0.05) is 44.9 Å². The van der Waals surface area contributed by atoms with Crippen molar-refractivity contribution < 1.29 is 9.47 Å². The van der Waals surface area contributed by atoms with Crippen LogP contribution in [-0.4, -0.2) is 57.0 Å². The number of ether oxygens (including phenoxy) is 2. The van der Waals surface area contributed by atoms with Crippen LogP contribution in [0.15, 0.2) is 30.3 Å². The van der Waals surface area contributed by atoms with Crippen LogP contribution in [0.4, 0.5) is 0 Å². The molecule has 0 radical (unpaired) electrons. The van der Waals surface area contributed by atoms with Crippen molar-refractivity contribution in [2.45, 2.75) is 31.8 Å². The van der Waals surface area contributed by atoms with Crippen molar-refractivity contribution >= 4 is 0 Å². The van der Waals surface area contributed by atoms with E-state index in [0.29, 0.717) is 18.0 Å². The fourth-order valence-electron chi connectivity index (χ4n) is 3.66. The molecular formula is C19H30N2O2. The Balaban J connectivity index is 1.57. The van der Waals surface area contributed by atoms with Gasteiger partial charge in [0.15, 0.2) is 0 Å². The van der Waals surface area contributed by atoms with Crippen molar-refractivity contribution in [3.63, 3.8) is 0 Å². The Bertz CT molecular complexity index is 442. The molecule has 2 aliphatic heterocycles. The van der Waals surface area contributed by atoms with E-state index in [1.807, 2.05) is 0 Å². The maximum atomic E-state index is 5.57. The second-order valence-electron chi connectivity index (χ2n) is 6.91. The van der Waals surface area contributed by atoms with Crippen LogP contribution in [0.2, 0.25) is 0 Å². The van der Waals surface area contributed by atoms with E-state index in [2.05, 4.69) is 47.5 Å². The summed E-state index contributed by atoms with van der Waals surface area (Å²) in [5.41, 5.74) is 1.40. The van der Waals surface area contributed by atoms with Gasteiger partial charge in [-0.1, -0.05) is 30.3 Å². The van der Waals surface area contributed by atoms with E-state index >= 15 is 0 Å². The lowest BCUT2D eigenvalue weighted by Gasteiger charge is -2.32. The molecule has 3 rings (SSSR count). The van der Waals surface area contributed by atoms with Gasteiger partial charge in [-0.25, -0.2) is 0 Å². The number of morpholine rings is 1. The average Bonchev–Trinajstić information content (AvgIpc) is 3.09. The Morgan fingerprint density at radius 3 is 2.61 bits per heavy atom. The van der Waals surface area contributed by atoms with Gasteiger partial charge < -0.3 is 14.8 Å². The van der Waals surface area contributed by atoms with Crippen LogP contribution in [0.5, 0.6) is 0 Å². The summed E-state index contributed by atoms with van der Waals surface area (Å²) in [7, 11) is 0. The van der Waals surface area contributed by atoms with E-state index in [4.69, 9.17) is 9.47 Å². The molecule has 4 heteroatoms. The Morgan fingerprint density at radius 1 is 1.13 bits per heavy atom. The van der Waals surface area contributed by atoms with Gasteiger partial charge in [-0.3, -0.25) is 4.90 Å². The first-order valence-corrected chi connectivity index (χ1v) is 9.00. The molecule has 23 heavy (non-hydrogen) atoms. The SMILES string of the molecule is C[C@H](CN1CCOCC1)N[C@H](C[C@H]1CCOC1)c1ccccc1. The summed E-state index contributed by atoms with van der Waals surface area (Å²) in [6.45, 7) is 9.09. The van der Waals surface area contributed by atoms with Gasteiger partial charge in [-0.2, -0.15) is 0 Å². The fourth-order valence-corrected chi connectivity index (χ4v) is 3.66. The third kappa shape index (κ3) is 5.28. The highest BCUT2D eigenvalue weighted by atomic mass is 16.5. The number of nitrogens with zero attached hydrogens (tertiary/aromatic N) is 1. The third-order valence-electron chi connectivity index (χ3n) is 4.92. The second kappa shape index (κ2) is 8.78. The predicted octanol–water partition coefficient (Wildman–Crippen LogP) is 2.46. The first-order chi connectivity index (χ1) is 11.3. The van der Waals surface area contributed by atoms with Gasteiger partial charge in [0.1, 0.15) is 0 Å². The van der Waals surface area contributed by atoms with Crippen molar-refractivity contribution in [1.82, 2.24) is 10.2 Å².